The van der Waals surface area contributed by atoms with Gasteiger partial charge in [-0.3, -0.25) is 14.8 Å². The average molecular weight is 452 g/mol. The summed E-state index contributed by atoms with van der Waals surface area (Å²) in [5.74, 6) is 0.229. The van der Waals surface area contributed by atoms with Crippen LogP contribution in [0.15, 0.2) is 48.7 Å². The number of rotatable bonds is 4. The molecule has 2 aromatic carbocycles. The summed E-state index contributed by atoms with van der Waals surface area (Å²) >= 11 is 18.5. The quantitative estimate of drug-likeness (QED) is 0.635. The van der Waals surface area contributed by atoms with E-state index in [1.807, 2.05) is 17.1 Å². The van der Waals surface area contributed by atoms with Crippen molar-refractivity contribution in [3.63, 3.8) is 0 Å². The molecule has 0 saturated carbocycles. The van der Waals surface area contributed by atoms with Crippen LogP contribution in [0, 0.1) is 0 Å². The van der Waals surface area contributed by atoms with Crippen molar-refractivity contribution in [1.82, 2.24) is 20.0 Å². The third kappa shape index (κ3) is 4.57. The van der Waals surface area contributed by atoms with Gasteiger partial charge in [0, 0.05) is 40.6 Å². The predicted molar refractivity (Wildman–Crippen MR) is 114 cm³/mol. The second-order valence-corrected chi connectivity index (χ2v) is 7.74. The van der Waals surface area contributed by atoms with Crippen molar-refractivity contribution in [3.05, 3.63) is 69.4 Å². The predicted octanol–water partition coefficient (Wildman–Crippen LogP) is 4.48. The van der Waals surface area contributed by atoms with Gasteiger partial charge in [0.15, 0.2) is 0 Å². The van der Waals surface area contributed by atoms with E-state index in [4.69, 9.17) is 39.5 Å². The zero-order chi connectivity index (χ0) is 20.4. The number of nitrogens with one attached hydrogen (secondary N) is 1. The van der Waals surface area contributed by atoms with E-state index in [1.165, 1.54) is 0 Å². The van der Waals surface area contributed by atoms with Crippen molar-refractivity contribution in [1.29, 1.82) is 0 Å². The first-order valence-corrected chi connectivity index (χ1v) is 10.1. The van der Waals surface area contributed by atoms with E-state index in [2.05, 4.69) is 10.4 Å². The Labute approximate surface area is 182 Å². The Bertz CT molecular complexity index is 1030. The van der Waals surface area contributed by atoms with Crippen LogP contribution < -0.4 is 5.43 Å². The lowest BCUT2D eigenvalue weighted by atomic mass is 10.2. The third-order valence-corrected chi connectivity index (χ3v) is 5.29. The van der Waals surface area contributed by atoms with Crippen LogP contribution in [0.2, 0.25) is 15.1 Å². The Morgan fingerprint density at radius 2 is 1.69 bits per heavy atom. The second kappa shape index (κ2) is 8.73. The number of amides is 1. The van der Waals surface area contributed by atoms with E-state index in [9.17, 15) is 4.79 Å². The number of hydrogen-bond acceptors (Lipinski definition) is 4. The molecule has 1 aliphatic heterocycles. The van der Waals surface area contributed by atoms with Crippen molar-refractivity contribution in [2.75, 3.05) is 26.3 Å². The molecule has 150 valence electrons. The van der Waals surface area contributed by atoms with Gasteiger partial charge in [-0.25, -0.2) is 9.99 Å². The topological polar surface area (TPSA) is 59.4 Å². The molecule has 2 heterocycles. The third-order valence-electron chi connectivity index (χ3n) is 4.49. The number of ether oxygens (including phenoxy) is 1. The highest BCUT2D eigenvalue weighted by atomic mass is 35.5. The van der Waals surface area contributed by atoms with Gasteiger partial charge >= 0.3 is 0 Å². The van der Waals surface area contributed by atoms with Gasteiger partial charge in [0.1, 0.15) is 11.5 Å². The molecule has 0 aliphatic carbocycles. The van der Waals surface area contributed by atoms with E-state index in [0.29, 0.717) is 52.8 Å². The van der Waals surface area contributed by atoms with Crippen LogP contribution in [-0.4, -0.2) is 46.8 Å². The Balaban J connectivity index is 1.73. The number of benzene rings is 2. The standard InChI is InChI=1S/C20H17Cl3N4O2/c21-13-1-4-15(5-2-13)27-12-18(20(28)25-26-7-9-29-10-8-26)24-19(27)16-6-3-14(22)11-17(16)23/h1-6,11-12H,7-10H2,(H,25,28). The molecule has 0 radical (unpaired) electrons. The molecular weight excluding hydrogens is 435 g/mol. The molecule has 1 aliphatic rings. The summed E-state index contributed by atoms with van der Waals surface area (Å²) in [5.41, 5.74) is 4.61. The SMILES string of the molecule is O=C(NN1CCOCC1)c1cn(-c2ccc(Cl)cc2)c(-c2ccc(Cl)cc2Cl)n1. The summed E-state index contributed by atoms with van der Waals surface area (Å²) in [4.78, 5) is 17.4. The molecule has 0 bridgehead atoms. The molecule has 1 amide bonds. The number of hydrazine groups is 1. The number of nitrogens with zero attached hydrogens (tertiary/aromatic N) is 3. The van der Waals surface area contributed by atoms with Crippen LogP contribution >= 0.6 is 34.8 Å². The van der Waals surface area contributed by atoms with Gasteiger partial charge in [-0.15, -0.1) is 0 Å². The maximum atomic E-state index is 12.8. The summed E-state index contributed by atoms with van der Waals surface area (Å²) in [7, 11) is 0. The summed E-state index contributed by atoms with van der Waals surface area (Å²) in [6.07, 6.45) is 1.68. The smallest absolute Gasteiger partial charge is 0.285 e. The largest absolute Gasteiger partial charge is 0.379 e. The van der Waals surface area contributed by atoms with Gasteiger partial charge in [-0.05, 0) is 42.5 Å². The van der Waals surface area contributed by atoms with Crippen molar-refractivity contribution < 1.29 is 9.53 Å². The van der Waals surface area contributed by atoms with E-state index in [-0.39, 0.29) is 11.6 Å². The Morgan fingerprint density at radius 1 is 1.00 bits per heavy atom. The molecule has 1 aromatic heterocycles. The number of carbonyl (C=O) groups excluding carboxylic acids is 1. The number of hydrogen-bond donors (Lipinski definition) is 1. The minimum absolute atomic E-state index is 0.271. The van der Waals surface area contributed by atoms with Gasteiger partial charge in [-0.2, -0.15) is 0 Å². The van der Waals surface area contributed by atoms with Gasteiger partial charge in [0.25, 0.3) is 5.91 Å². The Kier molecular flexibility index (Phi) is 6.08. The van der Waals surface area contributed by atoms with Crippen molar-refractivity contribution in [2.45, 2.75) is 0 Å². The summed E-state index contributed by atoms with van der Waals surface area (Å²) in [6.45, 7) is 2.40. The lowest BCUT2D eigenvalue weighted by molar-refractivity contribution is 0.0125. The highest BCUT2D eigenvalue weighted by molar-refractivity contribution is 6.36. The lowest BCUT2D eigenvalue weighted by Gasteiger charge is -2.26. The zero-order valence-corrected chi connectivity index (χ0v) is 17.5. The fourth-order valence-corrected chi connectivity index (χ4v) is 3.64. The summed E-state index contributed by atoms with van der Waals surface area (Å²) < 4.78 is 7.11. The second-order valence-electron chi connectivity index (χ2n) is 6.46. The van der Waals surface area contributed by atoms with Crippen LogP contribution in [0.5, 0.6) is 0 Å². The fraction of sp³-hybridized carbons (Fsp3) is 0.200. The van der Waals surface area contributed by atoms with Crippen LogP contribution in [0.3, 0.4) is 0 Å². The lowest BCUT2D eigenvalue weighted by Crippen LogP contribution is -2.48. The molecule has 1 N–H and O–H groups in total. The first-order valence-electron chi connectivity index (χ1n) is 8.96. The zero-order valence-electron chi connectivity index (χ0n) is 15.2. The van der Waals surface area contributed by atoms with E-state index in [1.54, 1.807) is 41.1 Å². The van der Waals surface area contributed by atoms with Gasteiger partial charge < -0.3 is 4.74 Å². The van der Waals surface area contributed by atoms with Crippen molar-refractivity contribution >= 4 is 40.7 Å². The van der Waals surface area contributed by atoms with Crippen LogP contribution in [0.1, 0.15) is 10.5 Å². The average Bonchev–Trinajstić information content (AvgIpc) is 3.14. The van der Waals surface area contributed by atoms with Gasteiger partial charge in [0.2, 0.25) is 0 Å². The normalized spacial score (nSPS) is 14.7. The van der Waals surface area contributed by atoms with Crippen molar-refractivity contribution in [2.24, 2.45) is 0 Å². The first-order chi connectivity index (χ1) is 14.0. The number of aromatic nitrogens is 2. The summed E-state index contributed by atoms with van der Waals surface area (Å²) in [6, 6.07) is 12.4. The number of halogens is 3. The molecule has 4 rings (SSSR count). The van der Waals surface area contributed by atoms with Crippen molar-refractivity contribution in [3.8, 4) is 17.1 Å². The molecule has 1 saturated heterocycles. The highest BCUT2D eigenvalue weighted by Crippen LogP contribution is 2.31. The Morgan fingerprint density at radius 3 is 2.38 bits per heavy atom. The molecule has 0 atom stereocenters. The van der Waals surface area contributed by atoms with Gasteiger partial charge in [0.05, 0.1) is 18.2 Å². The first kappa shape index (κ1) is 20.2. The monoisotopic (exact) mass is 450 g/mol. The summed E-state index contributed by atoms with van der Waals surface area (Å²) in [5, 5.41) is 3.40. The maximum absolute atomic E-state index is 12.8. The highest BCUT2D eigenvalue weighted by Gasteiger charge is 2.21. The van der Waals surface area contributed by atoms with E-state index < -0.39 is 0 Å². The number of carbonyl (C=O) groups is 1. The molecule has 6 nitrogen and oxygen atoms in total. The number of imidazole rings is 1. The van der Waals surface area contributed by atoms with Crippen LogP contribution in [0.4, 0.5) is 0 Å². The molecule has 29 heavy (non-hydrogen) atoms. The molecule has 3 aromatic rings. The number of morpholine rings is 1. The van der Waals surface area contributed by atoms with Crippen LogP contribution in [-0.2, 0) is 4.74 Å². The molecule has 9 heteroatoms. The molecule has 0 spiro atoms. The maximum Gasteiger partial charge on any atom is 0.285 e. The molecule has 1 fully saturated rings. The Hall–Kier alpha value is -2.09. The minimum atomic E-state index is -0.300. The fourth-order valence-electron chi connectivity index (χ4n) is 3.03. The van der Waals surface area contributed by atoms with E-state index >= 15 is 0 Å². The minimum Gasteiger partial charge on any atom is -0.379 e. The van der Waals surface area contributed by atoms with Crippen LogP contribution in [0.25, 0.3) is 17.1 Å². The molecular formula is C20H17Cl3N4O2. The molecule has 0 unspecified atom stereocenters. The van der Waals surface area contributed by atoms with E-state index in [0.717, 1.165) is 5.69 Å². The van der Waals surface area contributed by atoms with Gasteiger partial charge in [-0.1, -0.05) is 34.8 Å².